The second kappa shape index (κ2) is 9.03. The molecule has 0 unspecified atom stereocenters. The Kier molecular flexibility index (Phi) is 5.61. The molecule has 0 aliphatic rings. The van der Waals surface area contributed by atoms with Crippen molar-refractivity contribution in [3.63, 3.8) is 0 Å². The molecule has 0 aliphatic heterocycles. The van der Waals surface area contributed by atoms with Crippen LogP contribution in [0, 0.1) is 6.92 Å². The van der Waals surface area contributed by atoms with Crippen LogP contribution in [-0.4, -0.2) is 30.5 Å². The molecule has 8 nitrogen and oxygen atoms in total. The van der Waals surface area contributed by atoms with Crippen molar-refractivity contribution >= 4 is 34.8 Å². The SMILES string of the molecule is Cc1cc(C(=O)Nc2cccc(Oc3ccc4cnn(C=Cc5ccccn5)c4c3)c2)n(C)n1. The lowest BCUT2D eigenvalue weighted by Gasteiger charge is -2.09. The zero-order valence-electron chi connectivity index (χ0n) is 18.7. The summed E-state index contributed by atoms with van der Waals surface area (Å²) in [7, 11) is 1.74. The highest BCUT2D eigenvalue weighted by Gasteiger charge is 2.12. The van der Waals surface area contributed by atoms with E-state index in [4.69, 9.17) is 4.74 Å². The summed E-state index contributed by atoms with van der Waals surface area (Å²) >= 11 is 0. The fraction of sp³-hybridized carbons (Fsp3) is 0.0769. The molecular formula is C26H22N6O2. The Hall–Kier alpha value is -4.72. The maximum absolute atomic E-state index is 12.6. The summed E-state index contributed by atoms with van der Waals surface area (Å²) in [5, 5.41) is 12.5. The first kappa shape index (κ1) is 21.1. The summed E-state index contributed by atoms with van der Waals surface area (Å²) in [4.78, 5) is 16.9. The topological polar surface area (TPSA) is 86.9 Å². The van der Waals surface area contributed by atoms with Crippen molar-refractivity contribution in [2.75, 3.05) is 5.32 Å². The number of hydrogen-bond acceptors (Lipinski definition) is 5. The fourth-order valence-electron chi connectivity index (χ4n) is 3.61. The van der Waals surface area contributed by atoms with E-state index in [2.05, 4.69) is 20.5 Å². The lowest BCUT2D eigenvalue weighted by molar-refractivity contribution is 0.101. The standard InChI is InChI=1S/C26H22N6O2/c1-18-14-25(31(2)30-18)26(33)29-21-7-5-8-22(15-21)34-23-10-9-19-17-28-32(24(19)16-23)13-11-20-6-3-4-12-27-20/h3-17H,1-2H3,(H,29,33). The number of aromatic nitrogens is 5. The van der Waals surface area contributed by atoms with E-state index in [9.17, 15) is 4.79 Å². The summed E-state index contributed by atoms with van der Waals surface area (Å²) < 4.78 is 9.43. The third-order valence-electron chi connectivity index (χ3n) is 5.21. The molecule has 8 heteroatoms. The van der Waals surface area contributed by atoms with Crippen LogP contribution in [0.3, 0.4) is 0 Å². The van der Waals surface area contributed by atoms with Gasteiger partial charge >= 0.3 is 0 Å². The van der Waals surface area contributed by atoms with E-state index >= 15 is 0 Å². The minimum absolute atomic E-state index is 0.231. The number of hydrogen-bond donors (Lipinski definition) is 1. The van der Waals surface area contributed by atoms with E-state index in [1.807, 2.05) is 73.8 Å². The average molecular weight is 451 g/mol. The molecule has 168 valence electrons. The Morgan fingerprint density at radius 1 is 1.03 bits per heavy atom. The quantitative estimate of drug-likeness (QED) is 0.387. The number of anilines is 1. The molecule has 0 bridgehead atoms. The van der Waals surface area contributed by atoms with Gasteiger partial charge < -0.3 is 10.1 Å². The Morgan fingerprint density at radius 3 is 2.71 bits per heavy atom. The van der Waals surface area contributed by atoms with Crippen molar-refractivity contribution in [3.8, 4) is 11.5 Å². The van der Waals surface area contributed by atoms with Gasteiger partial charge in [-0.05, 0) is 55.5 Å². The highest BCUT2D eigenvalue weighted by molar-refractivity contribution is 6.03. The van der Waals surface area contributed by atoms with Crippen LogP contribution in [0.1, 0.15) is 21.9 Å². The first-order valence-corrected chi connectivity index (χ1v) is 10.7. The van der Waals surface area contributed by atoms with E-state index in [1.54, 1.807) is 40.9 Å². The van der Waals surface area contributed by atoms with Gasteiger partial charge in [-0.1, -0.05) is 12.1 Å². The van der Waals surface area contributed by atoms with E-state index < -0.39 is 0 Å². The number of rotatable bonds is 6. The van der Waals surface area contributed by atoms with Crippen molar-refractivity contribution in [1.82, 2.24) is 24.5 Å². The number of aryl methyl sites for hydroxylation is 2. The van der Waals surface area contributed by atoms with Crippen molar-refractivity contribution in [3.05, 3.63) is 96.2 Å². The summed E-state index contributed by atoms with van der Waals surface area (Å²) in [6.45, 7) is 1.85. The number of nitrogens with zero attached hydrogens (tertiary/aromatic N) is 5. The van der Waals surface area contributed by atoms with E-state index in [0.717, 1.165) is 22.3 Å². The van der Waals surface area contributed by atoms with Crippen LogP contribution >= 0.6 is 0 Å². The highest BCUT2D eigenvalue weighted by Crippen LogP contribution is 2.28. The van der Waals surface area contributed by atoms with Crippen LogP contribution in [0.5, 0.6) is 11.5 Å². The van der Waals surface area contributed by atoms with Gasteiger partial charge in [0.15, 0.2) is 0 Å². The van der Waals surface area contributed by atoms with Gasteiger partial charge in [-0.3, -0.25) is 14.5 Å². The smallest absolute Gasteiger partial charge is 0.273 e. The third-order valence-corrected chi connectivity index (χ3v) is 5.21. The predicted molar refractivity (Wildman–Crippen MR) is 132 cm³/mol. The molecule has 0 atom stereocenters. The predicted octanol–water partition coefficient (Wildman–Crippen LogP) is 5.15. The first-order chi connectivity index (χ1) is 16.5. The van der Waals surface area contributed by atoms with Gasteiger partial charge in [0.2, 0.25) is 0 Å². The Bertz CT molecular complexity index is 1500. The molecule has 1 amide bonds. The Labute approximate surface area is 196 Å². The Morgan fingerprint density at radius 2 is 1.91 bits per heavy atom. The Balaban J connectivity index is 1.34. The van der Waals surface area contributed by atoms with E-state index in [-0.39, 0.29) is 5.91 Å². The largest absolute Gasteiger partial charge is 0.457 e. The molecule has 0 spiro atoms. The number of carbonyl (C=O) groups excluding carboxylic acids is 1. The van der Waals surface area contributed by atoms with Gasteiger partial charge in [0, 0.05) is 42.7 Å². The molecule has 3 heterocycles. The lowest BCUT2D eigenvalue weighted by Crippen LogP contribution is -2.16. The normalized spacial score (nSPS) is 11.2. The molecule has 0 saturated carbocycles. The van der Waals surface area contributed by atoms with Crippen molar-refractivity contribution < 1.29 is 9.53 Å². The summed E-state index contributed by atoms with van der Waals surface area (Å²) in [5.41, 5.74) is 3.65. The molecule has 1 N–H and O–H groups in total. The maximum atomic E-state index is 12.6. The number of benzene rings is 2. The zero-order valence-corrected chi connectivity index (χ0v) is 18.7. The number of pyridine rings is 1. The van der Waals surface area contributed by atoms with Crippen LogP contribution in [0.25, 0.3) is 23.2 Å². The first-order valence-electron chi connectivity index (χ1n) is 10.7. The minimum atomic E-state index is -0.231. The molecule has 0 radical (unpaired) electrons. The van der Waals surface area contributed by atoms with Gasteiger partial charge in [0.05, 0.1) is 23.1 Å². The minimum Gasteiger partial charge on any atom is -0.457 e. The summed E-state index contributed by atoms with van der Waals surface area (Å²) in [6, 6.07) is 20.5. The average Bonchev–Trinajstić information content (AvgIpc) is 3.40. The van der Waals surface area contributed by atoms with Gasteiger partial charge in [0.25, 0.3) is 5.91 Å². The molecule has 34 heavy (non-hydrogen) atoms. The van der Waals surface area contributed by atoms with Gasteiger partial charge in [0.1, 0.15) is 17.2 Å². The fourth-order valence-corrected chi connectivity index (χ4v) is 3.61. The van der Waals surface area contributed by atoms with E-state index in [1.165, 1.54) is 0 Å². The lowest BCUT2D eigenvalue weighted by atomic mass is 10.2. The van der Waals surface area contributed by atoms with Crippen LogP contribution in [-0.2, 0) is 7.05 Å². The van der Waals surface area contributed by atoms with Gasteiger partial charge in [-0.15, -0.1) is 0 Å². The highest BCUT2D eigenvalue weighted by atomic mass is 16.5. The molecule has 5 rings (SSSR count). The van der Waals surface area contributed by atoms with Crippen LogP contribution in [0.15, 0.2) is 79.1 Å². The number of amides is 1. The van der Waals surface area contributed by atoms with Gasteiger partial charge in [-0.2, -0.15) is 10.2 Å². The van der Waals surface area contributed by atoms with Crippen molar-refractivity contribution in [2.24, 2.45) is 7.05 Å². The molecule has 3 aromatic heterocycles. The molecule has 0 fully saturated rings. The van der Waals surface area contributed by atoms with Gasteiger partial charge in [-0.25, -0.2) is 4.68 Å². The monoisotopic (exact) mass is 450 g/mol. The van der Waals surface area contributed by atoms with E-state index in [0.29, 0.717) is 22.9 Å². The number of nitrogens with one attached hydrogen (secondary N) is 1. The van der Waals surface area contributed by atoms with Crippen LogP contribution < -0.4 is 10.1 Å². The summed E-state index contributed by atoms with van der Waals surface area (Å²) in [5.74, 6) is 1.03. The second-order valence-electron chi connectivity index (χ2n) is 7.76. The molecule has 0 saturated heterocycles. The number of ether oxygens (including phenoxy) is 1. The molecule has 5 aromatic rings. The van der Waals surface area contributed by atoms with Crippen LogP contribution in [0.4, 0.5) is 5.69 Å². The van der Waals surface area contributed by atoms with Crippen molar-refractivity contribution in [2.45, 2.75) is 6.92 Å². The maximum Gasteiger partial charge on any atom is 0.273 e. The molecular weight excluding hydrogens is 428 g/mol. The molecule has 2 aromatic carbocycles. The zero-order chi connectivity index (χ0) is 23.5. The van der Waals surface area contributed by atoms with Crippen molar-refractivity contribution in [1.29, 1.82) is 0 Å². The second-order valence-corrected chi connectivity index (χ2v) is 7.76. The third kappa shape index (κ3) is 4.56. The molecule has 0 aliphatic carbocycles. The number of fused-ring (bicyclic) bond motifs is 1. The number of carbonyl (C=O) groups is 1. The van der Waals surface area contributed by atoms with Crippen LogP contribution in [0.2, 0.25) is 0 Å². The summed E-state index contributed by atoms with van der Waals surface area (Å²) in [6.07, 6.45) is 7.32.